The van der Waals surface area contributed by atoms with E-state index in [1.165, 1.54) is 0 Å². The zero-order valence-corrected chi connectivity index (χ0v) is 11.8. The van der Waals surface area contributed by atoms with E-state index in [-0.39, 0.29) is 23.7 Å². The lowest BCUT2D eigenvalue weighted by Gasteiger charge is -2.21. The van der Waals surface area contributed by atoms with Crippen molar-refractivity contribution in [3.63, 3.8) is 0 Å². The summed E-state index contributed by atoms with van der Waals surface area (Å²) in [6.07, 6.45) is 3.95. The molecular weight excluding hydrogens is 230 g/mol. The van der Waals surface area contributed by atoms with E-state index in [0.717, 1.165) is 0 Å². The van der Waals surface area contributed by atoms with Crippen LogP contribution in [0.15, 0.2) is 12.2 Å². The van der Waals surface area contributed by atoms with E-state index in [4.69, 9.17) is 4.74 Å². The molecule has 0 aliphatic heterocycles. The van der Waals surface area contributed by atoms with E-state index in [1.807, 2.05) is 46.8 Å². The van der Waals surface area contributed by atoms with E-state index in [2.05, 4.69) is 5.32 Å². The maximum Gasteiger partial charge on any atom is 0.408 e. The average molecular weight is 253 g/mol. The number of amides is 1. The molecule has 4 nitrogen and oxygen atoms in total. The van der Waals surface area contributed by atoms with Gasteiger partial charge in [0.2, 0.25) is 0 Å². The maximum absolute atomic E-state index is 11.8. The van der Waals surface area contributed by atoms with E-state index in [1.54, 1.807) is 0 Å². The summed E-state index contributed by atoms with van der Waals surface area (Å²) in [4.78, 5) is 23.4. The topological polar surface area (TPSA) is 55.4 Å². The molecule has 0 saturated heterocycles. The largest absolute Gasteiger partial charge is 0.444 e. The minimum absolute atomic E-state index is 0.0277. The Morgan fingerprint density at radius 2 is 1.89 bits per heavy atom. The van der Waals surface area contributed by atoms with Gasteiger partial charge in [0.1, 0.15) is 11.4 Å². The van der Waals surface area contributed by atoms with E-state index < -0.39 is 11.7 Å². The molecule has 1 aliphatic rings. The minimum Gasteiger partial charge on any atom is -0.444 e. The van der Waals surface area contributed by atoms with Crippen molar-refractivity contribution in [1.82, 2.24) is 5.32 Å². The highest BCUT2D eigenvalue weighted by molar-refractivity contribution is 5.85. The zero-order chi connectivity index (χ0) is 13.9. The fraction of sp³-hybridized carbons (Fsp3) is 0.714. The highest BCUT2D eigenvalue weighted by Crippen LogP contribution is 2.22. The summed E-state index contributed by atoms with van der Waals surface area (Å²) in [6.45, 7) is 9.25. The molecule has 0 spiro atoms. The second-order valence-corrected chi connectivity index (χ2v) is 6.04. The van der Waals surface area contributed by atoms with Crippen LogP contribution < -0.4 is 5.32 Å². The molecule has 1 amide bonds. The second-order valence-electron chi connectivity index (χ2n) is 6.04. The molecule has 102 valence electrons. The fourth-order valence-electron chi connectivity index (χ4n) is 1.90. The molecule has 1 rings (SSSR count). The van der Waals surface area contributed by atoms with E-state index >= 15 is 0 Å². The van der Waals surface area contributed by atoms with Crippen molar-refractivity contribution in [1.29, 1.82) is 0 Å². The van der Waals surface area contributed by atoms with Gasteiger partial charge in [0, 0.05) is 11.8 Å². The lowest BCUT2D eigenvalue weighted by atomic mass is 9.94. The molecule has 18 heavy (non-hydrogen) atoms. The van der Waals surface area contributed by atoms with Crippen LogP contribution in [0.3, 0.4) is 0 Å². The van der Waals surface area contributed by atoms with Crippen molar-refractivity contribution in [2.45, 2.75) is 52.7 Å². The molecule has 0 saturated carbocycles. The molecule has 1 aliphatic carbocycles. The number of hydrogen-bond acceptors (Lipinski definition) is 3. The molecule has 0 bridgehead atoms. The predicted molar refractivity (Wildman–Crippen MR) is 70.2 cm³/mol. The summed E-state index contributed by atoms with van der Waals surface area (Å²) in [5.41, 5.74) is -0.500. The van der Waals surface area contributed by atoms with Crippen LogP contribution in [0.4, 0.5) is 4.79 Å². The Labute approximate surface area is 109 Å². The van der Waals surface area contributed by atoms with Crippen LogP contribution in [0, 0.1) is 11.8 Å². The summed E-state index contributed by atoms with van der Waals surface area (Å²) in [6, 6.07) is -0.104. The molecule has 0 radical (unpaired) electrons. The lowest BCUT2D eigenvalue weighted by molar-refractivity contribution is -0.124. The van der Waals surface area contributed by atoms with Gasteiger partial charge in [-0.3, -0.25) is 4.79 Å². The number of ether oxygens (including phenoxy) is 1. The SMILES string of the molecule is CC(C)C(=O)C1C=CC(NC(=O)OC(C)(C)C)C1. The standard InChI is InChI=1S/C14H23NO3/c1-9(2)12(16)10-6-7-11(8-10)15-13(17)18-14(3,4)5/h6-7,9-11H,8H2,1-5H3,(H,15,17). The quantitative estimate of drug-likeness (QED) is 0.787. The van der Waals surface area contributed by atoms with Gasteiger partial charge >= 0.3 is 6.09 Å². The zero-order valence-electron chi connectivity index (χ0n) is 11.8. The number of alkyl carbamates (subject to hydrolysis) is 1. The number of ketones is 1. The summed E-state index contributed by atoms with van der Waals surface area (Å²) in [7, 11) is 0. The summed E-state index contributed by atoms with van der Waals surface area (Å²) in [5, 5.41) is 2.76. The predicted octanol–water partition coefficient (Wildman–Crippen LogP) is 2.68. The number of carbonyl (C=O) groups excluding carboxylic acids is 2. The molecule has 2 atom stereocenters. The molecule has 0 fully saturated rings. The van der Waals surface area contributed by atoms with Crippen LogP contribution >= 0.6 is 0 Å². The number of nitrogens with one attached hydrogen (secondary N) is 1. The van der Waals surface area contributed by atoms with Gasteiger partial charge in [-0.2, -0.15) is 0 Å². The molecular formula is C14H23NO3. The third-order valence-corrected chi connectivity index (χ3v) is 2.72. The smallest absolute Gasteiger partial charge is 0.408 e. The Morgan fingerprint density at radius 3 is 2.39 bits per heavy atom. The van der Waals surface area contributed by atoms with Gasteiger partial charge in [-0.15, -0.1) is 0 Å². The highest BCUT2D eigenvalue weighted by Gasteiger charge is 2.28. The van der Waals surface area contributed by atoms with Crippen molar-refractivity contribution < 1.29 is 14.3 Å². The molecule has 1 N–H and O–H groups in total. The van der Waals surface area contributed by atoms with Crippen molar-refractivity contribution in [2.24, 2.45) is 11.8 Å². The average Bonchev–Trinajstić information content (AvgIpc) is 2.61. The van der Waals surface area contributed by atoms with Gasteiger partial charge in [0.25, 0.3) is 0 Å². The number of carbonyl (C=O) groups is 2. The number of allylic oxidation sites excluding steroid dienone is 1. The Balaban J connectivity index is 2.43. The number of Topliss-reactive ketones (excluding diaryl/α,β-unsaturated/α-hetero) is 1. The normalized spacial score (nSPS) is 23.2. The van der Waals surface area contributed by atoms with Crippen molar-refractivity contribution in [3.05, 3.63) is 12.2 Å². The molecule has 0 aromatic heterocycles. The Bertz CT molecular complexity index is 353. The van der Waals surface area contributed by atoms with Crippen LogP contribution in [0.1, 0.15) is 41.0 Å². The van der Waals surface area contributed by atoms with Crippen LogP contribution in [-0.4, -0.2) is 23.5 Å². The first-order valence-electron chi connectivity index (χ1n) is 6.40. The first kappa shape index (κ1) is 14.7. The highest BCUT2D eigenvalue weighted by atomic mass is 16.6. The van der Waals surface area contributed by atoms with Gasteiger partial charge in [-0.1, -0.05) is 26.0 Å². The number of hydrogen-bond donors (Lipinski definition) is 1. The lowest BCUT2D eigenvalue weighted by Crippen LogP contribution is -2.38. The monoisotopic (exact) mass is 253 g/mol. The first-order valence-corrected chi connectivity index (χ1v) is 6.40. The van der Waals surface area contributed by atoms with Crippen LogP contribution in [-0.2, 0) is 9.53 Å². The maximum atomic E-state index is 11.8. The van der Waals surface area contributed by atoms with Crippen LogP contribution in [0.5, 0.6) is 0 Å². The van der Waals surface area contributed by atoms with E-state index in [0.29, 0.717) is 6.42 Å². The van der Waals surface area contributed by atoms with Crippen molar-refractivity contribution in [3.8, 4) is 0 Å². The van der Waals surface area contributed by atoms with Gasteiger partial charge in [0.15, 0.2) is 0 Å². The Hall–Kier alpha value is -1.32. The van der Waals surface area contributed by atoms with E-state index in [9.17, 15) is 9.59 Å². The van der Waals surface area contributed by atoms with Gasteiger partial charge in [0.05, 0.1) is 6.04 Å². The minimum atomic E-state index is -0.500. The van der Waals surface area contributed by atoms with Gasteiger partial charge in [-0.25, -0.2) is 4.79 Å². The molecule has 0 aromatic carbocycles. The molecule has 2 unspecified atom stereocenters. The molecule has 0 heterocycles. The summed E-state index contributed by atoms with van der Waals surface area (Å²) >= 11 is 0. The second kappa shape index (κ2) is 5.55. The third kappa shape index (κ3) is 4.51. The Kier molecular flexibility index (Phi) is 4.54. The van der Waals surface area contributed by atoms with Crippen LogP contribution in [0.25, 0.3) is 0 Å². The van der Waals surface area contributed by atoms with Crippen molar-refractivity contribution >= 4 is 11.9 Å². The molecule has 4 heteroatoms. The van der Waals surface area contributed by atoms with Crippen molar-refractivity contribution in [2.75, 3.05) is 0 Å². The fourth-order valence-corrected chi connectivity index (χ4v) is 1.90. The van der Waals surface area contributed by atoms with Gasteiger partial charge in [-0.05, 0) is 27.2 Å². The van der Waals surface area contributed by atoms with Gasteiger partial charge < -0.3 is 10.1 Å². The summed E-state index contributed by atoms with van der Waals surface area (Å²) < 4.78 is 5.17. The number of rotatable bonds is 3. The first-order chi connectivity index (χ1) is 8.19. The Morgan fingerprint density at radius 1 is 1.28 bits per heavy atom. The summed E-state index contributed by atoms with van der Waals surface area (Å²) in [5.74, 6) is 0.171. The third-order valence-electron chi connectivity index (χ3n) is 2.72. The van der Waals surface area contributed by atoms with Crippen LogP contribution in [0.2, 0.25) is 0 Å². The molecule has 0 aromatic rings.